The second-order valence-corrected chi connectivity index (χ2v) is 4.88. The lowest BCUT2D eigenvalue weighted by atomic mass is 10.1. The zero-order chi connectivity index (χ0) is 15.7. The van der Waals surface area contributed by atoms with E-state index in [2.05, 4.69) is 21.4 Å². The topological polar surface area (TPSA) is 67.9 Å². The zero-order valence-corrected chi connectivity index (χ0v) is 13.7. The molecule has 1 aromatic rings. The highest BCUT2D eigenvalue weighted by Gasteiger charge is 2.18. The second-order valence-electron chi connectivity index (χ2n) is 4.02. The van der Waals surface area contributed by atoms with Crippen LogP contribution in [-0.4, -0.2) is 37.0 Å². The SMILES string of the molecule is CCOC(=O)NN(CCc1ccccc1Br)C(=O)OCC. The lowest BCUT2D eigenvalue weighted by Gasteiger charge is -2.22. The number of halogens is 1. The monoisotopic (exact) mass is 358 g/mol. The van der Waals surface area contributed by atoms with E-state index < -0.39 is 12.2 Å². The molecule has 0 aliphatic rings. The molecule has 21 heavy (non-hydrogen) atoms. The van der Waals surface area contributed by atoms with Gasteiger partial charge in [0.2, 0.25) is 0 Å². The number of amides is 2. The van der Waals surface area contributed by atoms with Crippen LogP contribution in [0.15, 0.2) is 28.7 Å². The molecule has 1 aromatic carbocycles. The molecule has 0 saturated heterocycles. The molecule has 0 radical (unpaired) electrons. The summed E-state index contributed by atoms with van der Waals surface area (Å²) in [5.74, 6) is 0. The summed E-state index contributed by atoms with van der Waals surface area (Å²) >= 11 is 3.44. The van der Waals surface area contributed by atoms with Gasteiger partial charge in [0.1, 0.15) is 0 Å². The van der Waals surface area contributed by atoms with Crippen molar-refractivity contribution in [2.24, 2.45) is 0 Å². The molecule has 1 N–H and O–H groups in total. The van der Waals surface area contributed by atoms with Crippen molar-refractivity contribution >= 4 is 28.1 Å². The van der Waals surface area contributed by atoms with Gasteiger partial charge in [-0.05, 0) is 31.9 Å². The highest BCUT2D eigenvalue weighted by atomic mass is 79.9. The van der Waals surface area contributed by atoms with Crippen molar-refractivity contribution in [3.8, 4) is 0 Å². The maximum atomic E-state index is 11.8. The number of hydrazine groups is 1. The Morgan fingerprint density at radius 3 is 2.48 bits per heavy atom. The number of rotatable bonds is 5. The Morgan fingerprint density at radius 1 is 1.19 bits per heavy atom. The largest absolute Gasteiger partial charge is 0.449 e. The van der Waals surface area contributed by atoms with Gasteiger partial charge in [0.15, 0.2) is 0 Å². The molecule has 0 atom stereocenters. The Balaban J connectivity index is 2.66. The average Bonchev–Trinajstić information content (AvgIpc) is 2.45. The standard InChI is InChI=1S/C14H19BrN2O4/c1-3-20-13(18)16-17(14(19)21-4-2)10-9-11-7-5-6-8-12(11)15/h5-8H,3-4,9-10H2,1-2H3,(H,16,18). The first-order valence-electron chi connectivity index (χ1n) is 6.69. The summed E-state index contributed by atoms with van der Waals surface area (Å²) in [5.41, 5.74) is 3.40. The summed E-state index contributed by atoms with van der Waals surface area (Å²) in [6.07, 6.45) is -0.734. The molecule has 0 heterocycles. The summed E-state index contributed by atoms with van der Waals surface area (Å²) in [6, 6.07) is 7.68. The van der Waals surface area contributed by atoms with Gasteiger partial charge in [-0.2, -0.15) is 0 Å². The molecule has 0 spiro atoms. The van der Waals surface area contributed by atoms with E-state index in [0.29, 0.717) is 6.42 Å². The summed E-state index contributed by atoms with van der Waals surface area (Å²) in [7, 11) is 0. The number of carbonyl (C=O) groups excluding carboxylic acids is 2. The summed E-state index contributed by atoms with van der Waals surface area (Å²) in [6.45, 7) is 4.13. The molecule has 6 nitrogen and oxygen atoms in total. The van der Waals surface area contributed by atoms with E-state index in [-0.39, 0.29) is 19.8 Å². The van der Waals surface area contributed by atoms with Crippen molar-refractivity contribution in [1.29, 1.82) is 0 Å². The third-order valence-electron chi connectivity index (χ3n) is 2.55. The molecule has 0 bridgehead atoms. The summed E-state index contributed by atoms with van der Waals surface area (Å²) in [5, 5.41) is 1.11. The van der Waals surface area contributed by atoms with E-state index in [1.165, 1.54) is 0 Å². The maximum Gasteiger partial charge on any atom is 0.428 e. The molecule has 0 fully saturated rings. The van der Waals surface area contributed by atoms with E-state index in [1.54, 1.807) is 13.8 Å². The van der Waals surface area contributed by atoms with Crippen molar-refractivity contribution < 1.29 is 19.1 Å². The number of hydrogen-bond acceptors (Lipinski definition) is 4. The van der Waals surface area contributed by atoms with Crippen LogP contribution in [0.1, 0.15) is 19.4 Å². The minimum absolute atomic E-state index is 0.229. The van der Waals surface area contributed by atoms with Gasteiger partial charge in [0, 0.05) is 4.47 Å². The molecule has 0 aliphatic carbocycles. The second kappa shape index (κ2) is 9.23. The quantitative estimate of drug-likeness (QED) is 0.821. The highest BCUT2D eigenvalue weighted by Crippen LogP contribution is 2.16. The number of nitrogens with one attached hydrogen (secondary N) is 1. The fourth-order valence-corrected chi connectivity index (χ4v) is 2.08. The highest BCUT2D eigenvalue weighted by molar-refractivity contribution is 9.10. The van der Waals surface area contributed by atoms with Gasteiger partial charge >= 0.3 is 12.2 Å². The van der Waals surface area contributed by atoms with E-state index in [4.69, 9.17) is 9.47 Å². The van der Waals surface area contributed by atoms with Gasteiger partial charge in [0.25, 0.3) is 0 Å². The molecular weight excluding hydrogens is 340 g/mol. The predicted octanol–water partition coefficient (Wildman–Crippen LogP) is 3.11. The van der Waals surface area contributed by atoms with Gasteiger partial charge in [-0.25, -0.2) is 20.0 Å². The van der Waals surface area contributed by atoms with Gasteiger partial charge in [0.05, 0.1) is 19.8 Å². The van der Waals surface area contributed by atoms with Crippen molar-refractivity contribution in [2.75, 3.05) is 19.8 Å². The van der Waals surface area contributed by atoms with Gasteiger partial charge in [-0.3, -0.25) is 0 Å². The Labute approximate surface area is 132 Å². The Hall–Kier alpha value is -1.76. The Morgan fingerprint density at radius 2 is 1.86 bits per heavy atom. The first-order valence-corrected chi connectivity index (χ1v) is 7.48. The van der Waals surface area contributed by atoms with Crippen molar-refractivity contribution in [3.05, 3.63) is 34.3 Å². The molecule has 0 unspecified atom stereocenters. The number of ether oxygens (including phenoxy) is 2. The third kappa shape index (κ3) is 6.03. The van der Waals surface area contributed by atoms with Crippen molar-refractivity contribution in [1.82, 2.24) is 10.4 Å². The number of carbonyl (C=O) groups is 2. The molecular formula is C14H19BrN2O4. The van der Waals surface area contributed by atoms with Gasteiger partial charge in [-0.1, -0.05) is 34.1 Å². The van der Waals surface area contributed by atoms with Crippen LogP contribution in [0.3, 0.4) is 0 Å². The van der Waals surface area contributed by atoms with E-state index in [9.17, 15) is 9.59 Å². The van der Waals surface area contributed by atoms with Crippen molar-refractivity contribution in [2.45, 2.75) is 20.3 Å². The van der Waals surface area contributed by atoms with Crippen LogP contribution < -0.4 is 5.43 Å². The minimum Gasteiger partial charge on any atom is -0.449 e. The van der Waals surface area contributed by atoms with Gasteiger partial charge < -0.3 is 9.47 Å². The molecule has 2 amide bonds. The fourth-order valence-electron chi connectivity index (χ4n) is 1.60. The molecule has 0 saturated carbocycles. The van der Waals surface area contributed by atoms with E-state index >= 15 is 0 Å². The summed E-state index contributed by atoms with van der Waals surface area (Å²) in [4.78, 5) is 23.3. The van der Waals surface area contributed by atoms with E-state index in [0.717, 1.165) is 15.0 Å². The normalized spacial score (nSPS) is 9.86. The summed E-state index contributed by atoms with van der Waals surface area (Å²) < 4.78 is 10.6. The first-order chi connectivity index (χ1) is 10.1. The number of nitrogens with zero attached hydrogens (tertiary/aromatic N) is 1. The first kappa shape index (κ1) is 17.3. The lowest BCUT2D eigenvalue weighted by molar-refractivity contribution is 0.0747. The van der Waals surface area contributed by atoms with Crippen LogP contribution in [0.2, 0.25) is 0 Å². The smallest absolute Gasteiger partial charge is 0.428 e. The molecule has 116 valence electrons. The number of benzene rings is 1. The number of hydrogen-bond donors (Lipinski definition) is 1. The molecule has 0 aliphatic heterocycles. The Bertz CT molecular complexity index is 482. The minimum atomic E-state index is -0.683. The van der Waals surface area contributed by atoms with Crippen LogP contribution in [0.4, 0.5) is 9.59 Å². The van der Waals surface area contributed by atoms with Gasteiger partial charge in [-0.15, -0.1) is 0 Å². The molecule has 7 heteroatoms. The zero-order valence-electron chi connectivity index (χ0n) is 12.1. The average molecular weight is 359 g/mol. The fraction of sp³-hybridized carbons (Fsp3) is 0.429. The molecule has 0 aromatic heterocycles. The third-order valence-corrected chi connectivity index (χ3v) is 3.33. The predicted molar refractivity (Wildman–Crippen MR) is 81.7 cm³/mol. The Kier molecular flexibility index (Phi) is 7.60. The van der Waals surface area contributed by atoms with Crippen LogP contribution in [0, 0.1) is 0 Å². The maximum absolute atomic E-state index is 11.8. The van der Waals surface area contributed by atoms with Crippen LogP contribution in [0.25, 0.3) is 0 Å². The van der Waals surface area contributed by atoms with E-state index in [1.807, 2.05) is 24.3 Å². The van der Waals surface area contributed by atoms with Crippen LogP contribution in [-0.2, 0) is 15.9 Å². The van der Waals surface area contributed by atoms with Crippen LogP contribution >= 0.6 is 15.9 Å². The lowest BCUT2D eigenvalue weighted by Crippen LogP contribution is -2.47. The van der Waals surface area contributed by atoms with Crippen LogP contribution in [0.5, 0.6) is 0 Å². The van der Waals surface area contributed by atoms with Crippen molar-refractivity contribution in [3.63, 3.8) is 0 Å². The molecule has 1 rings (SSSR count).